The fourth-order valence-electron chi connectivity index (χ4n) is 10.2. The highest BCUT2D eigenvalue weighted by atomic mass is 16.5. The van der Waals surface area contributed by atoms with E-state index in [0.29, 0.717) is 13.2 Å². The van der Waals surface area contributed by atoms with Crippen LogP contribution in [0.1, 0.15) is 88.7 Å². The van der Waals surface area contributed by atoms with Crippen LogP contribution in [-0.2, 0) is 38.2 Å². The number of carbonyl (C=O) groups is 7. The summed E-state index contributed by atoms with van der Waals surface area (Å²) in [4.78, 5) is 99.8. The van der Waals surface area contributed by atoms with Crippen LogP contribution in [0.15, 0.2) is 97.1 Å². The fourth-order valence-corrected chi connectivity index (χ4v) is 10.2. The first-order valence-electron chi connectivity index (χ1n) is 29.4. The number of unbranched alkanes of at least 4 members (excludes halogenated alkanes) is 2. The molecule has 0 spiro atoms. The van der Waals surface area contributed by atoms with E-state index in [0.717, 1.165) is 64.0 Å². The predicted molar refractivity (Wildman–Crippen MR) is 318 cm³/mol. The van der Waals surface area contributed by atoms with Crippen LogP contribution in [0, 0.1) is 5.92 Å². The number of β-amino-alcohol motifs (C(OH)–C–C–N with tert-alkyl or cyclic N) is 1. The van der Waals surface area contributed by atoms with Gasteiger partial charge in [0.05, 0.1) is 57.4 Å². The van der Waals surface area contributed by atoms with Crippen LogP contribution in [0.5, 0.6) is 11.5 Å². The third kappa shape index (κ3) is 18.7. The Balaban J connectivity index is 1.11. The zero-order valence-corrected chi connectivity index (χ0v) is 49.6. The molecule has 6 unspecified atom stereocenters. The van der Waals surface area contributed by atoms with Gasteiger partial charge in [0.1, 0.15) is 60.1 Å². The molecule has 7 amide bonds. The van der Waals surface area contributed by atoms with E-state index in [1.165, 1.54) is 31.2 Å². The van der Waals surface area contributed by atoms with Gasteiger partial charge in [0.2, 0.25) is 35.4 Å². The number of nitrogens with two attached hydrogens (primary N) is 1. The van der Waals surface area contributed by atoms with Crippen molar-refractivity contribution in [1.82, 2.24) is 36.4 Å². The molecule has 87 heavy (non-hydrogen) atoms. The van der Waals surface area contributed by atoms with Gasteiger partial charge < -0.3 is 92.1 Å². The van der Waals surface area contributed by atoms with Crippen molar-refractivity contribution in [2.45, 2.75) is 140 Å². The minimum Gasteiger partial charge on any atom is -0.508 e. The predicted octanol–water partition coefficient (Wildman–Crippen LogP) is 0.349. The molecule has 0 saturated carbocycles. The van der Waals surface area contributed by atoms with Gasteiger partial charge in [-0.1, -0.05) is 94.3 Å². The Morgan fingerprint density at radius 2 is 1.23 bits per heavy atom. The summed E-state index contributed by atoms with van der Waals surface area (Å²) in [6, 6.07) is 18.1. The Morgan fingerprint density at radius 3 is 1.80 bits per heavy atom. The van der Waals surface area contributed by atoms with Crippen LogP contribution in [0.3, 0.4) is 0 Å². The van der Waals surface area contributed by atoms with Crippen molar-refractivity contribution in [2.75, 3.05) is 52.6 Å². The van der Waals surface area contributed by atoms with Gasteiger partial charge in [-0.25, -0.2) is 0 Å². The lowest BCUT2D eigenvalue weighted by atomic mass is 9.96. The summed E-state index contributed by atoms with van der Waals surface area (Å²) >= 11 is 0. The number of carbonyl (C=O) groups excluding carboxylic acids is 7. The lowest BCUT2D eigenvalue weighted by Crippen LogP contribution is -2.64. The molecule has 2 aliphatic rings. The molecular weight excluding hydrogens is 1130 g/mol. The molecule has 474 valence electrons. The highest BCUT2D eigenvalue weighted by Crippen LogP contribution is 2.30. The topological polar surface area (TPSA) is 381 Å². The number of hydrogen-bond acceptors (Lipinski definition) is 18. The number of benzene rings is 4. The number of ether oxygens (including phenoxy) is 3. The van der Waals surface area contributed by atoms with Gasteiger partial charge in [-0.2, -0.15) is 0 Å². The van der Waals surface area contributed by atoms with Crippen LogP contribution in [0.4, 0.5) is 0 Å². The molecule has 0 aliphatic carbocycles. The number of nitrogens with one attached hydrogen (secondary N) is 5. The molecule has 25 heteroatoms. The summed E-state index contributed by atoms with van der Waals surface area (Å²) in [6.45, 7) is 7.86. The summed E-state index contributed by atoms with van der Waals surface area (Å²) in [5.41, 5.74) is 9.36. The number of nitrogens with zero attached hydrogens (tertiary/aromatic N) is 2. The molecule has 0 bridgehead atoms. The van der Waals surface area contributed by atoms with E-state index in [1.54, 1.807) is 38.1 Å². The Kier molecular flexibility index (Phi) is 26.0. The van der Waals surface area contributed by atoms with Crippen molar-refractivity contribution in [1.29, 1.82) is 0 Å². The van der Waals surface area contributed by atoms with Crippen molar-refractivity contribution < 1.29 is 83.5 Å². The largest absolute Gasteiger partial charge is 0.508 e. The van der Waals surface area contributed by atoms with Gasteiger partial charge in [0.25, 0.3) is 5.91 Å². The highest BCUT2D eigenvalue weighted by molar-refractivity contribution is 5.99. The standard InChI is InChI=1S/C62H84N8O17/c1-6-8-9-27-86-46-24-20-41(21-25-46)39-12-10-38(11-13-39)40-14-16-43(17-15-40)57(79)64-32-48(75)65-50(36(4)71)61(83)69-34-45(74)31-47(69)58(80)68-52(56(78)55(77)42-18-22-44(73)23-19-42)59(81)67-51(37(5)72)62(84)70-33-35(3)54(76)53(70)60(82)66-49(7-2)87-30-29-85-28-26-63/h10-25,35-37,45,47,49-56,71-74,76-78H,6-9,26-34,63H2,1-5H3,(H,64,79)(H,65,75)(H,66,82)(H,67,81)(H,68,80)/t35-,36+,37+,45+,47?,49?,50?,51?,52?,53?,54-,55-,56-/m0/s1. The molecule has 4 aromatic rings. The van der Waals surface area contributed by atoms with E-state index < -0.39 is 140 Å². The number of aliphatic hydroxyl groups is 6. The number of rotatable bonds is 31. The minimum absolute atomic E-state index is 0.0565. The van der Waals surface area contributed by atoms with Gasteiger partial charge in [0.15, 0.2) is 0 Å². The van der Waals surface area contributed by atoms with Gasteiger partial charge in [-0.3, -0.25) is 33.6 Å². The monoisotopic (exact) mass is 1210 g/mol. The molecule has 6 rings (SSSR count). The lowest BCUT2D eigenvalue weighted by Gasteiger charge is -2.34. The zero-order chi connectivity index (χ0) is 63.5. The summed E-state index contributed by atoms with van der Waals surface area (Å²) in [6.07, 6.45) is -8.23. The van der Waals surface area contributed by atoms with Gasteiger partial charge in [0, 0.05) is 37.5 Å². The lowest BCUT2D eigenvalue weighted by molar-refractivity contribution is -0.148. The minimum atomic E-state index is -2.27. The van der Waals surface area contributed by atoms with E-state index in [1.807, 2.05) is 48.5 Å². The van der Waals surface area contributed by atoms with E-state index in [2.05, 4.69) is 33.5 Å². The Labute approximate surface area is 505 Å². The molecule has 25 nitrogen and oxygen atoms in total. The quantitative estimate of drug-likeness (QED) is 0.0239. The second kappa shape index (κ2) is 33.0. The van der Waals surface area contributed by atoms with Crippen molar-refractivity contribution in [3.8, 4) is 33.8 Å². The van der Waals surface area contributed by atoms with E-state index >= 15 is 0 Å². The van der Waals surface area contributed by atoms with Crippen molar-refractivity contribution in [3.63, 3.8) is 0 Å². The van der Waals surface area contributed by atoms with E-state index in [9.17, 15) is 69.3 Å². The molecule has 13 atom stereocenters. The number of phenols is 1. The van der Waals surface area contributed by atoms with Crippen molar-refractivity contribution in [2.24, 2.45) is 11.7 Å². The molecule has 4 aromatic carbocycles. The van der Waals surface area contributed by atoms with Crippen LogP contribution >= 0.6 is 0 Å². The van der Waals surface area contributed by atoms with Crippen LogP contribution in [0.25, 0.3) is 22.3 Å². The second-order valence-corrected chi connectivity index (χ2v) is 21.9. The normalized spacial score (nSPS) is 20.2. The molecule has 2 saturated heterocycles. The van der Waals surface area contributed by atoms with E-state index in [-0.39, 0.29) is 49.7 Å². The number of likely N-dealkylation sites (tertiary alicyclic amines) is 2. The summed E-state index contributed by atoms with van der Waals surface area (Å²) < 4.78 is 16.9. The summed E-state index contributed by atoms with van der Waals surface area (Å²) in [7, 11) is 0. The Bertz CT molecular complexity index is 2900. The third-order valence-corrected chi connectivity index (χ3v) is 15.2. The maximum atomic E-state index is 14.5. The van der Waals surface area contributed by atoms with Crippen molar-refractivity contribution >= 4 is 41.4 Å². The highest BCUT2D eigenvalue weighted by Gasteiger charge is 2.49. The SMILES string of the molecule is CCCCCOc1ccc(-c2ccc(-c3ccc(C(=O)NCC(=O)NC(C(=O)N4C[C@H](O)CC4C(=O)NC(C(=O)NC(C(=O)N4C[C@H](C)[C@H](O)C4C(=O)NC(CC)OCCOCCN)[C@@H](C)O)[C@H](O)[C@@H](O)c4ccc(O)cc4)[C@@H](C)O)cc3)cc2)cc1. The Morgan fingerprint density at radius 1 is 0.655 bits per heavy atom. The van der Waals surface area contributed by atoms with Crippen molar-refractivity contribution in [3.05, 3.63) is 108 Å². The maximum absolute atomic E-state index is 14.5. The van der Waals surface area contributed by atoms with Crippen LogP contribution < -0.4 is 37.1 Å². The fraction of sp³-hybridized carbons (Fsp3) is 0.500. The molecule has 14 N–H and O–H groups in total. The molecule has 2 aliphatic heterocycles. The summed E-state index contributed by atoms with van der Waals surface area (Å²) in [5.74, 6) is -7.14. The van der Waals surface area contributed by atoms with Gasteiger partial charge >= 0.3 is 0 Å². The number of aromatic hydroxyl groups is 1. The number of amides is 7. The summed E-state index contributed by atoms with van der Waals surface area (Å²) in [5, 5.41) is 89.2. The molecule has 0 aromatic heterocycles. The average molecular weight is 1210 g/mol. The average Bonchev–Trinajstić information content (AvgIpc) is 1.95. The number of phenolic OH excluding ortho intramolecular Hbond substituents is 1. The van der Waals surface area contributed by atoms with E-state index in [4.69, 9.17) is 19.9 Å². The zero-order valence-electron chi connectivity index (χ0n) is 49.6. The Hall–Kier alpha value is -7.59. The first kappa shape index (κ1) is 68.5. The maximum Gasteiger partial charge on any atom is 0.251 e. The van der Waals surface area contributed by atoms with Crippen LogP contribution in [-0.4, -0.2) is 206 Å². The number of aliphatic hydroxyl groups excluding tert-OH is 6. The molecule has 2 fully saturated rings. The third-order valence-electron chi connectivity index (χ3n) is 15.2. The molecular formula is C62H84N8O17. The van der Waals surface area contributed by atoms with Crippen LogP contribution in [0.2, 0.25) is 0 Å². The van der Waals surface area contributed by atoms with Gasteiger partial charge in [-0.15, -0.1) is 0 Å². The molecule has 2 heterocycles. The first-order valence-corrected chi connectivity index (χ1v) is 29.4. The van der Waals surface area contributed by atoms with Gasteiger partial charge in [-0.05, 0) is 90.9 Å². The first-order chi connectivity index (χ1) is 41.6. The second-order valence-electron chi connectivity index (χ2n) is 21.9. The smallest absolute Gasteiger partial charge is 0.251 e. The number of hydrogen-bond donors (Lipinski definition) is 13. The molecule has 0 radical (unpaired) electrons.